The molecule has 0 fully saturated rings. The summed E-state index contributed by atoms with van der Waals surface area (Å²) in [6, 6.07) is 29.8. The summed E-state index contributed by atoms with van der Waals surface area (Å²) in [7, 11) is -4.35. The molecule has 53 heavy (non-hydrogen) atoms. The minimum atomic E-state index is -4.35. The van der Waals surface area contributed by atoms with E-state index in [4.69, 9.17) is 10.2 Å². The van der Waals surface area contributed by atoms with Gasteiger partial charge in [0.1, 0.15) is 0 Å². The van der Waals surface area contributed by atoms with E-state index in [2.05, 4.69) is 84.4 Å². The first-order valence-corrected chi connectivity index (χ1v) is 19.8. The van der Waals surface area contributed by atoms with Crippen LogP contribution in [-0.4, -0.2) is 42.7 Å². The van der Waals surface area contributed by atoms with E-state index < -0.39 is 22.3 Å². The van der Waals surface area contributed by atoms with Crippen LogP contribution in [0.1, 0.15) is 100 Å². The van der Waals surface area contributed by atoms with Crippen LogP contribution in [0, 0.1) is 13.8 Å². The lowest BCUT2D eigenvalue weighted by atomic mass is 10.00. The van der Waals surface area contributed by atoms with Gasteiger partial charge in [-0.15, -0.1) is 0 Å². The van der Waals surface area contributed by atoms with Gasteiger partial charge in [0.05, 0.1) is 53.0 Å². The van der Waals surface area contributed by atoms with Crippen molar-refractivity contribution in [2.24, 2.45) is 0 Å². The van der Waals surface area contributed by atoms with Gasteiger partial charge < -0.3 is 10.2 Å². The average molecular weight is 729 g/mol. The van der Waals surface area contributed by atoms with Crippen LogP contribution in [0.3, 0.4) is 0 Å². The van der Waals surface area contributed by atoms with Gasteiger partial charge in [-0.1, -0.05) is 109 Å². The molecule has 2 aromatic heterocycles. The van der Waals surface area contributed by atoms with Crippen LogP contribution in [0.5, 0.6) is 0 Å². The second-order valence-corrected chi connectivity index (χ2v) is 16.1. The van der Waals surface area contributed by atoms with Gasteiger partial charge in [0, 0.05) is 35.1 Å². The van der Waals surface area contributed by atoms with E-state index in [9.17, 15) is 23.2 Å². The Kier molecular flexibility index (Phi) is 9.40. The van der Waals surface area contributed by atoms with E-state index in [-0.39, 0.29) is 4.90 Å². The maximum Gasteiger partial charge on any atom is 0.294 e. The number of aryl methyl sites for hydroxylation is 2. The monoisotopic (exact) mass is 728 g/mol. The van der Waals surface area contributed by atoms with Crippen molar-refractivity contribution in [1.29, 1.82) is 0 Å². The number of aromatic nitrogens is 4. The molecule has 10 heteroatoms. The van der Waals surface area contributed by atoms with Crippen molar-refractivity contribution in [1.82, 2.24) is 19.6 Å². The zero-order valence-electron chi connectivity index (χ0n) is 30.0. The number of fused-ring (bicyclic) bond motifs is 6. The maximum absolute atomic E-state index is 11.9. The second-order valence-electron chi connectivity index (χ2n) is 14.7. The summed E-state index contributed by atoms with van der Waals surface area (Å²) in [5, 5.41) is 32.9. The molecule has 4 aromatic carbocycles. The second kappa shape index (κ2) is 14.2. The fourth-order valence-electron chi connectivity index (χ4n) is 8.00. The number of hydrogen-bond acceptors (Lipinski definition) is 6. The molecule has 0 amide bonds. The topological polar surface area (TPSA) is 130 Å². The minimum Gasteiger partial charge on any atom is -0.387 e. The number of nitrogens with zero attached hydrogens (tertiary/aromatic N) is 4. The van der Waals surface area contributed by atoms with Crippen LogP contribution in [0.15, 0.2) is 95.9 Å². The summed E-state index contributed by atoms with van der Waals surface area (Å²) in [5.41, 5.74) is 14.0. The molecule has 2 atom stereocenters. The number of rotatable bonds is 13. The third-order valence-corrected chi connectivity index (χ3v) is 11.6. The number of unbranched alkanes of at least 4 members (excludes halogenated alkanes) is 2. The number of aliphatic hydroxyl groups is 2. The molecule has 2 aliphatic rings. The molecule has 9 nitrogen and oxygen atoms in total. The number of aliphatic hydroxyl groups excluding tert-OH is 2. The summed E-state index contributed by atoms with van der Waals surface area (Å²) in [6.07, 6.45) is 3.13. The van der Waals surface area contributed by atoms with E-state index in [0.717, 1.165) is 76.1 Å². The quantitative estimate of drug-likeness (QED) is 0.0813. The Balaban J connectivity index is 0.948. The van der Waals surface area contributed by atoms with Crippen molar-refractivity contribution in [3.05, 3.63) is 147 Å². The fraction of sp³-hybridized carbons (Fsp3) is 0.302. The Labute approximate surface area is 310 Å². The van der Waals surface area contributed by atoms with Crippen LogP contribution in [0.4, 0.5) is 0 Å². The summed E-state index contributed by atoms with van der Waals surface area (Å²) in [4.78, 5) is -0.142. The molecule has 2 heterocycles. The van der Waals surface area contributed by atoms with E-state index in [1.807, 2.05) is 11.6 Å². The first-order chi connectivity index (χ1) is 25.5. The Morgan fingerprint density at radius 2 is 1.13 bits per heavy atom. The van der Waals surface area contributed by atoms with Gasteiger partial charge >= 0.3 is 0 Å². The molecule has 0 saturated carbocycles. The van der Waals surface area contributed by atoms with Gasteiger partial charge in [-0.25, -0.2) is 0 Å². The zero-order chi connectivity index (χ0) is 36.9. The van der Waals surface area contributed by atoms with Gasteiger partial charge in [0.15, 0.2) is 0 Å². The molecule has 272 valence electrons. The molecular weight excluding hydrogens is 685 g/mol. The van der Waals surface area contributed by atoms with E-state index in [1.54, 1.807) is 6.07 Å². The zero-order valence-corrected chi connectivity index (χ0v) is 30.9. The largest absolute Gasteiger partial charge is 0.387 e. The lowest BCUT2D eigenvalue weighted by molar-refractivity contribution is 0.148. The van der Waals surface area contributed by atoms with Crippen LogP contribution in [-0.2, 0) is 36.0 Å². The van der Waals surface area contributed by atoms with Crippen molar-refractivity contribution >= 4 is 10.1 Å². The highest BCUT2D eigenvalue weighted by Gasteiger charge is 2.32. The molecular formula is C43H44N4O5S. The highest BCUT2D eigenvalue weighted by atomic mass is 32.2. The Morgan fingerprint density at radius 1 is 0.642 bits per heavy atom. The standard InChI is InChI=1S/C43H44N4O5S/c1-27-12-16-29(17-13-27)25-46-42-34-9-7-6-8-31(34)23-36(42)40(44-46)38(48)10-4-3-5-11-39(49)41-37-24-32-22-33(53(50,51)52)20-21-35(32)43(37)47(45-41)26-30-18-14-28(2)15-19-30/h6-9,12-22,38-39,48-49H,3-5,10-11,23-26H2,1-2H3,(H,50,51,52). The molecule has 0 aliphatic heterocycles. The number of hydrogen-bond donors (Lipinski definition) is 3. The van der Waals surface area contributed by atoms with Crippen LogP contribution in [0.25, 0.3) is 22.5 Å². The smallest absolute Gasteiger partial charge is 0.294 e. The van der Waals surface area contributed by atoms with Crippen molar-refractivity contribution in [2.45, 2.75) is 89.0 Å². The summed E-state index contributed by atoms with van der Waals surface area (Å²) < 4.78 is 37.4. The summed E-state index contributed by atoms with van der Waals surface area (Å²) >= 11 is 0. The SMILES string of the molecule is Cc1ccc(Cn2nc(C(O)CCCCCC(O)c3nn(Cc4ccc(C)cc4)c4c3Cc3cc(S(=O)(=O)O)ccc3-4)c3c2-c2ccccc2C3)cc1. The molecule has 3 N–H and O–H groups in total. The lowest BCUT2D eigenvalue weighted by Gasteiger charge is -2.12. The van der Waals surface area contributed by atoms with Gasteiger partial charge in [-0.05, 0) is 61.1 Å². The van der Waals surface area contributed by atoms with Gasteiger partial charge in [-0.2, -0.15) is 18.6 Å². The summed E-state index contributed by atoms with van der Waals surface area (Å²) in [5.74, 6) is 0. The molecule has 8 rings (SSSR count). The molecule has 0 spiro atoms. The van der Waals surface area contributed by atoms with Crippen LogP contribution < -0.4 is 0 Å². The van der Waals surface area contributed by atoms with E-state index in [0.29, 0.717) is 38.0 Å². The molecule has 0 radical (unpaired) electrons. The van der Waals surface area contributed by atoms with Crippen LogP contribution >= 0.6 is 0 Å². The normalized spacial score (nSPS) is 14.1. The average Bonchev–Trinajstić information content (AvgIpc) is 3.89. The van der Waals surface area contributed by atoms with Crippen LogP contribution in [0.2, 0.25) is 0 Å². The predicted octanol–water partition coefficient (Wildman–Crippen LogP) is 7.90. The first-order valence-electron chi connectivity index (χ1n) is 18.4. The molecule has 2 aliphatic carbocycles. The third-order valence-electron chi connectivity index (χ3n) is 10.8. The minimum absolute atomic E-state index is 0.142. The fourth-order valence-corrected chi connectivity index (χ4v) is 8.53. The molecule has 6 aromatic rings. The van der Waals surface area contributed by atoms with Crippen molar-refractivity contribution in [3.8, 4) is 22.5 Å². The third kappa shape index (κ3) is 7.00. The molecule has 0 saturated heterocycles. The predicted molar refractivity (Wildman–Crippen MR) is 204 cm³/mol. The molecule has 0 bridgehead atoms. The molecule has 2 unspecified atom stereocenters. The number of benzene rings is 4. The lowest BCUT2D eigenvalue weighted by Crippen LogP contribution is -2.07. The highest BCUT2D eigenvalue weighted by Crippen LogP contribution is 2.43. The van der Waals surface area contributed by atoms with Crippen molar-refractivity contribution < 1.29 is 23.2 Å². The van der Waals surface area contributed by atoms with Crippen molar-refractivity contribution in [2.75, 3.05) is 0 Å². The van der Waals surface area contributed by atoms with Gasteiger partial charge in [-0.3, -0.25) is 13.9 Å². The van der Waals surface area contributed by atoms with E-state index in [1.165, 1.54) is 34.4 Å². The Hall–Kier alpha value is -4.87. The van der Waals surface area contributed by atoms with Gasteiger partial charge in [0.25, 0.3) is 10.1 Å². The Morgan fingerprint density at radius 3 is 1.66 bits per heavy atom. The van der Waals surface area contributed by atoms with Gasteiger partial charge in [0.2, 0.25) is 0 Å². The summed E-state index contributed by atoms with van der Waals surface area (Å²) in [6.45, 7) is 5.26. The van der Waals surface area contributed by atoms with E-state index >= 15 is 0 Å². The maximum atomic E-state index is 11.9. The highest BCUT2D eigenvalue weighted by molar-refractivity contribution is 7.85. The van der Waals surface area contributed by atoms with Crippen molar-refractivity contribution in [3.63, 3.8) is 0 Å². The first kappa shape index (κ1) is 35.2. The Bertz CT molecular complexity index is 2410.